The fourth-order valence-corrected chi connectivity index (χ4v) is 2.93. The van der Waals surface area contributed by atoms with Gasteiger partial charge in [-0.05, 0) is 29.6 Å². The van der Waals surface area contributed by atoms with E-state index >= 15 is 0 Å². The lowest BCUT2D eigenvalue weighted by Gasteiger charge is -2.20. The molecule has 1 heterocycles. The molecule has 1 amide bonds. The summed E-state index contributed by atoms with van der Waals surface area (Å²) >= 11 is 6.15. The zero-order valence-corrected chi connectivity index (χ0v) is 13.7. The number of nitrogens with two attached hydrogens (primary N) is 1. The summed E-state index contributed by atoms with van der Waals surface area (Å²) in [5.41, 5.74) is 7.79. The highest BCUT2D eigenvalue weighted by Gasteiger charge is 2.24. The molecule has 2 aromatic rings. The van der Waals surface area contributed by atoms with E-state index in [1.807, 2.05) is 32.0 Å². The van der Waals surface area contributed by atoms with Gasteiger partial charge in [0, 0.05) is 12.6 Å². The van der Waals surface area contributed by atoms with Gasteiger partial charge < -0.3 is 10.6 Å². The maximum absolute atomic E-state index is 12.7. The molecule has 0 saturated carbocycles. The molecule has 21 heavy (non-hydrogen) atoms. The second kappa shape index (κ2) is 6.28. The van der Waals surface area contributed by atoms with Crippen LogP contribution in [0.25, 0.3) is 0 Å². The number of anilines is 1. The first kappa shape index (κ1) is 15.5. The molecule has 0 radical (unpaired) electrons. The normalized spacial score (nSPS) is 10.7. The molecule has 110 valence electrons. The van der Waals surface area contributed by atoms with Crippen molar-refractivity contribution < 1.29 is 4.79 Å². The molecule has 0 unspecified atom stereocenters. The van der Waals surface area contributed by atoms with E-state index in [0.717, 1.165) is 11.5 Å². The highest BCUT2D eigenvalue weighted by atomic mass is 32.1. The lowest BCUT2D eigenvalue weighted by molar-refractivity contribution is 0.0995. The van der Waals surface area contributed by atoms with E-state index in [0.29, 0.717) is 21.8 Å². The van der Waals surface area contributed by atoms with Crippen LogP contribution in [0.3, 0.4) is 0 Å². The molecule has 0 bridgehead atoms. The van der Waals surface area contributed by atoms with Crippen molar-refractivity contribution in [1.29, 1.82) is 0 Å². The fourth-order valence-electron chi connectivity index (χ4n) is 1.96. The molecule has 2 rings (SSSR count). The highest BCUT2D eigenvalue weighted by molar-refractivity contribution is 7.80. The molecule has 0 saturated heterocycles. The van der Waals surface area contributed by atoms with Crippen LogP contribution in [0, 0.1) is 0 Å². The van der Waals surface area contributed by atoms with Crippen molar-refractivity contribution in [2.24, 2.45) is 5.73 Å². The van der Waals surface area contributed by atoms with Crippen LogP contribution >= 0.6 is 23.8 Å². The van der Waals surface area contributed by atoms with Gasteiger partial charge in [-0.1, -0.05) is 42.7 Å². The van der Waals surface area contributed by atoms with Gasteiger partial charge in [0.1, 0.15) is 9.87 Å². The van der Waals surface area contributed by atoms with Crippen LogP contribution in [0.1, 0.15) is 40.7 Å². The first-order valence-electron chi connectivity index (χ1n) is 6.42. The molecular weight excluding hydrogens is 304 g/mol. The van der Waals surface area contributed by atoms with E-state index < -0.39 is 0 Å². The Hall–Kier alpha value is -1.86. The molecule has 0 atom stereocenters. The number of thiocarbonyl (C=S) groups is 1. The number of nitrogens with zero attached hydrogens (tertiary/aromatic N) is 3. The second-order valence-electron chi connectivity index (χ2n) is 4.89. The average molecular weight is 320 g/mol. The van der Waals surface area contributed by atoms with E-state index in [1.165, 1.54) is 4.90 Å². The summed E-state index contributed by atoms with van der Waals surface area (Å²) in [5, 5.41) is 4.04. The lowest BCUT2D eigenvalue weighted by Crippen LogP contribution is -2.29. The van der Waals surface area contributed by atoms with Crippen LogP contribution in [0.5, 0.6) is 0 Å². The van der Waals surface area contributed by atoms with E-state index in [-0.39, 0.29) is 16.8 Å². The molecule has 0 aliphatic heterocycles. The minimum Gasteiger partial charge on any atom is -0.389 e. The number of hydrogen-bond donors (Lipinski definition) is 1. The lowest BCUT2D eigenvalue weighted by atomic mass is 10.1. The molecule has 0 aliphatic carbocycles. The Morgan fingerprint density at radius 1 is 1.38 bits per heavy atom. The van der Waals surface area contributed by atoms with E-state index in [4.69, 9.17) is 18.0 Å². The van der Waals surface area contributed by atoms with Gasteiger partial charge in [0.05, 0.1) is 11.4 Å². The predicted molar refractivity (Wildman–Crippen MR) is 89.1 cm³/mol. The molecule has 1 aromatic carbocycles. The number of benzene rings is 1. The number of hydrogen-bond acceptors (Lipinski definition) is 5. The van der Waals surface area contributed by atoms with E-state index in [1.54, 1.807) is 13.1 Å². The summed E-state index contributed by atoms with van der Waals surface area (Å²) in [4.78, 5) is 15.0. The van der Waals surface area contributed by atoms with Gasteiger partial charge in [0.15, 0.2) is 0 Å². The Kier molecular flexibility index (Phi) is 4.64. The minimum absolute atomic E-state index is 0.141. The number of carbonyl (C=O) groups excluding carboxylic acids is 1. The third kappa shape index (κ3) is 3.08. The van der Waals surface area contributed by atoms with E-state index in [2.05, 4.69) is 9.59 Å². The Balaban J connectivity index is 2.40. The fraction of sp³-hybridized carbons (Fsp3) is 0.286. The first-order valence-corrected chi connectivity index (χ1v) is 7.60. The van der Waals surface area contributed by atoms with Crippen molar-refractivity contribution in [3.63, 3.8) is 0 Å². The van der Waals surface area contributed by atoms with Crippen LogP contribution in [-0.4, -0.2) is 27.5 Å². The van der Waals surface area contributed by atoms with Gasteiger partial charge in [-0.3, -0.25) is 4.79 Å². The number of para-hydroxylation sites is 1. The number of rotatable bonds is 4. The maximum atomic E-state index is 12.7. The smallest absolute Gasteiger partial charge is 0.271 e. The molecule has 5 nitrogen and oxygen atoms in total. The molecular formula is C14H16N4OS2. The predicted octanol–water partition coefficient (Wildman–Crippen LogP) is 2.57. The van der Waals surface area contributed by atoms with Gasteiger partial charge in [-0.25, -0.2) is 0 Å². The third-order valence-electron chi connectivity index (χ3n) is 3.09. The number of aromatic nitrogens is 2. The number of carbonyl (C=O) groups is 1. The molecule has 1 aromatic heterocycles. The third-order valence-corrected chi connectivity index (χ3v) is 4.04. The van der Waals surface area contributed by atoms with Crippen LogP contribution < -0.4 is 10.6 Å². The van der Waals surface area contributed by atoms with Gasteiger partial charge in [0.2, 0.25) is 0 Å². The van der Waals surface area contributed by atoms with Gasteiger partial charge >= 0.3 is 0 Å². The quantitative estimate of drug-likeness (QED) is 0.877. The number of amides is 1. The van der Waals surface area contributed by atoms with Gasteiger partial charge in [-0.15, -0.1) is 5.10 Å². The summed E-state index contributed by atoms with van der Waals surface area (Å²) in [6.07, 6.45) is 0. The largest absolute Gasteiger partial charge is 0.389 e. The Morgan fingerprint density at radius 3 is 2.67 bits per heavy atom. The summed E-state index contributed by atoms with van der Waals surface area (Å²) in [5.74, 6) is -0.0145. The van der Waals surface area contributed by atoms with E-state index in [9.17, 15) is 4.79 Å². The summed E-state index contributed by atoms with van der Waals surface area (Å²) in [6, 6.07) is 7.30. The molecule has 0 fully saturated rings. The Morgan fingerprint density at radius 2 is 2.05 bits per heavy atom. The SMILES string of the molecule is CC(C)c1nnsc1C(=O)N(C)c1ccccc1C(N)=S. The summed E-state index contributed by atoms with van der Waals surface area (Å²) < 4.78 is 3.89. The Bertz CT molecular complexity index is 681. The molecule has 0 aliphatic rings. The van der Waals surface area contributed by atoms with Crippen LogP contribution in [0.2, 0.25) is 0 Å². The summed E-state index contributed by atoms with van der Waals surface area (Å²) in [6.45, 7) is 3.97. The van der Waals surface area contributed by atoms with Gasteiger partial charge in [0.25, 0.3) is 5.91 Å². The van der Waals surface area contributed by atoms with Crippen molar-refractivity contribution in [3.8, 4) is 0 Å². The van der Waals surface area contributed by atoms with Crippen LogP contribution in [0.4, 0.5) is 5.69 Å². The van der Waals surface area contributed by atoms with Crippen molar-refractivity contribution in [2.75, 3.05) is 11.9 Å². The zero-order chi connectivity index (χ0) is 15.6. The topological polar surface area (TPSA) is 72.1 Å². The van der Waals surface area contributed by atoms with Crippen molar-refractivity contribution in [3.05, 3.63) is 40.4 Å². The van der Waals surface area contributed by atoms with Crippen molar-refractivity contribution in [2.45, 2.75) is 19.8 Å². The van der Waals surface area contributed by atoms with Gasteiger partial charge in [-0.2, -0.15) is 0 Å². The van der Waals surface area contributed by atoms with Crippen LogP contribution in [0.15, 0.2) is 24.3 Å². The Labute approximate surface area is 132 Å². The maximum Gasteiger partial charge on any atom is 0.271 e. The molecule has 0 spiro atoms. The molecule has 2 N–H and O–H groups in total. The van der Waals surface area contributed by atoms with Crippen molar-refractivity contribution in [1.82, 2.24) is 9.59 Å². The highest BCUT2D eigenvalue weighted by Crippen LogP contribution is 2.25. The summed E-state index contributed by atoms with van der Waals surface area (Å²) in [7, 11) is 1.70. The monoisotopic (exact) mass is 320 g/mol. The van der Waals surface area contributed by atoms with Crippen molar-refractivity contribution >= 4 is 40.3 Å². The first-order chi connectivity index (χ1) is 9.93. The standard InChI is InChI=1S/C14H16N4OS2/c1-8(2)11-12(21-17-16-11)14(19)18(3)10-7-5-4-6-9(10)13(15)20/h4-8H,1-3H3,(H2,15,20). The second-order valence-corrected chi connectivity index (χ2v) is 6.08. The zero-order valence-electron chi connectivity index (χ0n) is 12.0. The minimum atomic E-state index is -0.155. The molecule has 7 heteroatoms. The average Bonchev–Trinajstić information content (AvgIpc) is 2.95. The van der Waals surface area contributed by atoms with Crippen LogP contribution in [-0.2, 0) is 0 Å².